The fourth-order valence-corrected chi connectivity index (χ4v) is 2.45. The second kappa shape index (κ2) is 6.58. The minimum Gasteiger partial charge on any atom is -0.497 e. The lowest BCUT2D eigenvalue weighted by Gasteiger charge is -2.04. The molecule has 1 aromatic carbocycles. The molecule has 1 rings (SSSR count). The van der Waals surface area contributed by atoms with E-state index in [-0.39, 0.29) is 0 Å². The van der Waals surface area contributed by atoms with Crippen LogP contribution >= 0.6 is 0 Å². The molecule has 0 saturated heterocycles. The van der Waals surface area contributed by atoms with Crippen LogP contribution in [0.25, 0.3) is 0 Å². The Balaban J connectivity index is 2.52. The molecule has 0 amide bonds. The van der Waals surface area contributed by atoms with E-state index in [1.165, 1.54) is 0 Å². The predicted molar refractivity (Wildman–Crippen MR) is 63.4 cm³/mol. The third-order valence-electron chi connectivity index (χ3n) is 2.04. The third kappa shape index (κ3) is 4.44. The van der Waals surface area contributed by atoms with E-state index in [4.69, 9.17) is 10.5 Å². The molecule has 15 heavy (non-hydrogen) atoms. The Labute approximate surface area is 93.1 Å². The average molecular weight is 227 g/mol. The number of ether oxygens (including phenoxy) is 1. The largest absolute Gasteiger partial charge is 0.497 e. The van der Waals surface area contributed by atoms with E-state index in [1.807, 2.05) is 24.3 Å². The van der Waals surface area contributed by atoms with Crippen LogP contribution < -0.4 is 10.5 Å². The van der Waals surface area contributed by atoms with Gasteiger partial charge in [0.2, 0.25) is 0 Å². The predicted octanol–water partition coefficient (Wildman–Crippen LogP) is 1.29. The molecule has 0 aliphatic heterocycles. The number of benzene rings is 1. The second-order valence-corrected chi connectivity index (χ2v) is 4.86. The zero-order valence-corrected chi connectivity index (χ0v) is 9.76. The Bertz CT molecular complexity index is 328. The van der Waals surface area contributed by atoms with Gasteiger partial charge in [-0.3, -0.25) is 4.21 Å². The molecule has 0 spiro atoms. The number of rotatable bonds is 6. The molecule has 0 aromatic heterocycles. The summed E-state index contributed by atoms with van der Waals surface area (Å²) in [6.45, 7) is 0.601. The molecule has 0 aliphatic rings. The first-order valence-electron chi connectivity index (χ1n) is 4.94. The molecule has 1 unspecified atom stereocenters. The lowest BCUT2D eigenvalue weighted by Crippen LogP contribution is -2.07. The fourth-order valence-electron chi connectivity index (χ4n) is 1.26. The van der Waals surface area contributed by atoms with Gasteiger partial charge in [0.15, 0.2) is 0 Å². The van der Waals surface area contributed by atoms with Crippen molar-refractivity contribution >= 4 is 10.8 Å². The van der Waals surface area contributed by atoms with Crippen LogP contribution in [-0.4, -0.2) is 23.6 Å². The highest BCUT2D eigenvalue weighted by atomic mass is 32.2. The first-order valence-corrected chi connectivity index (χ1v) is 6.43. The summed E-state index contributed by atoms with van der Waals surface area (Å²) in [5.74, 6) is 2.06. The second-order valence-electron chi connectivity index (χ2n) is 3.28. The van der Waals surface area contributed by atoms with Crippen LogP contribution in [0.1, 0.15) is 12.0 Å². The highest BCUT2D eigenvalue weighted by Crippen LogP contribution is 2.14. The molecule has 0 bridgehead atoms. The maximum Gasteiger partial charge on any atom is 0.119 e. The van der Waals surface area contributed by atoms with Crippen molar-refractivity contribution in [1.82, 2.24) is 0 Å². The lowest BCUT2D eigenvalue weighted by atomic mass is 10.2. The minimum atomic E-state index is -0.817. The maximum atomic E-state index is 11.6. The molecule has 0 aliphatic carbocycles. The Morgan fingerprint density at radius 3 is 2.93 bits per heavy atom. The van der Waals surface area contributed by atoms with E-state index in [9.17, 15) is 4.21 Å². The first-order chi connectivity index (χ1) is 7.26. The summed E-state index contributed by atoms with van der Waals surface area (Å²) in [6.07, 6.45) is 0.816. The van der Waals surface area contributed by atoms with Crippen molar-refractivity contribution in [2.24, 2.45) is 5.73 Å². The zero-order valence-electron chi connectivity index (χ0n) is 8.94. The van der Waals surface area contributed by atoms with E-state index >= 15 is 0 Å². The van der Waals surface area contributed by atoms with E-state index in [1.54, 1.807) is 7.11 Å². The van der Waals surface area contributed by atoms with Gasteiger partial charge in [-0.15, -0.1) is 0 Å². The van der Waals surface area contributed by atoms with Gasteiger partial charge in [0.25, 0.3) is 0 Å². The third-order valence-corrected chi connectivity index (χ3v) is 3.44. The lowest BCUT2D eigenvalue weighted by molar-refractivity contribution is 0.414. The standard InChI is InChI=1S/C11H17NO2S/c1-14-11-5-2-4-10(8-11)9-15(13)7-3-6-12/h2,4-5,8H,3,6-7,9,12H2,1H3. The van der Waals surface area contributed by atoms with Gasteiger partial charge >= 0.3 is 0 Å². The van der Waals surface area contributed by atoms with Gasteiger partial charge in [-0.05, 0) is 30.7 Å². The molecule has 84 valence electrons. The highest BCUT2D eigenvalue weighted by molar-refractivity contribution is 7.84. The zero-order chi connectivity index (χ0) is 11.1. The average Bonchev–Trinajstić information content (AvgIpc) is 2.26. The summed E-state index contributed by atoms with van der Waals surface area (Å²) >= 11 is 0. The molecule has 1 aromatic rings. The number of hydrogen-bond acceptors (Lipinski definition) is 3. The quantitative estimate of drug-likeness (QED) is 0.797. The molecule has 4 heteroatoms. The van der Waals surface area contributed by atoms with Crippen LogP contribution in [0.15, 0.2) is 24.3 Å². The Morgan fingerprint density at radius 1 is 1.47 bits per heavy atom. The molecule has 3 nitrogen and oxygen atoms in total. The van der Waals surface area contributed by atoms with E-state index in [0.29, 0.717) is 18.1 Å². The molecule has 2 N–H and O–H groups in total. The summed E-state index contributed by atoms with van der Waals surface area (Å²) in [7, 11) is 0.813. The van der Waals surface area contributed by atoms with Crippen LogP contribution in [0, 0.1) is 0 Å². The summed E-state index contributed by atoms with van der Waals surface area (Å²) in [6, 6.07) is 7.67. The smallest absolute Gasteiger partial charge is 0.119 e. The number of methoxy groups -OCH3 is 1. The van der Waals surface area contributed by atoms with Crippen molar-refractivity contribution in [3.05, 3.63) is 29.8 Å². The first kappa shape index (κ1) is 12.2. The van der Waals surface area contributed by atoms with Crippen LogP contribution in [0.2, 0.25) is 0 Å². The minimum absolute atomic E-state index is 0.581. The molecule has 0 radical (unpaired) electrons. The molecule has 0 fully saturated rings. The van der Waals surface area contributed by atoms with Gasteiger partial charge in [-0.1, -0.05) is 12.1 Å². The van der Waals surface area contributed by atoms with Crippen LogP contribution in [0.3, 0.4) is 0 Å². The Kier molecular flexibility index (Phi) is 5.36. The summed E-state index contributed by atoms with van der Waals surface area (Å²) in [4.78, 5) is 0. The summed E-state index contributed by atoms with van der Waals surface area (Å²) in [5, 5.41) is 0. The molecular formula is C11H17NO2S. The SMILES string of the molecule is COc1cccc(CS(=O)CCCN)c1. The van der Waals surface area contributed by atoms with Crippen molar-refractivity contribution in [2.45, 2.75) is 12.2 Å². The van der Waals surface area contributed by atoms with Crippen molar-refractivity contribution < 1.29 is 8.95 Å². The van der Waals surface area contributed by atoms with Gasteiger partial charge in [0, 0.05) is 22.3 Å². The molecule has 0 saturated carbocycles. The van der Waals surface area contributed by atoms with Gasteiger partial charge in [-0.2, -0.15) is 0 Å². The number of hydrogen-bond donors (Lipinski definition) is 1. The van der Waals surface area contributed by atoms with Crippen LogP contribution in [0.5, 0.6) is 5.75 Å². The van der Waals surface area contributed by atoms with Gasteiger partial charge in [0.1, 0.15) is 5.75 Å². The van der Waals surface area contributed by atoms with Crippen LogP contribution in [-0.2, 0) is 16.6 Å². The fraction of sp³-hybridized carbons (Fsp3) is 0.455. The monoisotopic (exact) mass is 227 g/mol. The van der Waals surface area contributed by atoms with Crippen LogP contribution in [0.4, 0.5) is 0 Å². The summed E-state index contributed by atoms with van der Waals surface area (Å²) in [5.41, 5.74) is 6.41. The van der Waals surface area contributed by atoms with E-state index in [0.717, 1.165) is 17.7 Å². The van der Waals surface area contributed by atoms with Crippen molar-refractivity contribution in [3.63, 3.8) is 0 Å². The van der Waals surface area contributed by atoms with Crippen molar-refractivity contribution in [1.29, 1.82) is 0 Å². The van der Waals surface area contributed by atoms with E-state index in [2.05, 4.69) is 0 Å². The van der Waals surface area contributed by atoms with E-state index < -0.39 is 10.8 Å². The maximum absolute atomic E-state index is 11.6. The van der Waals surface area contributed by atoms with Gasteiger partial charge in [0.05, 0.1) is 7.11 Å². The normalized spacial score (nSPS) is 12.4. The summed E-state index contributed by atoms with van der Waals surface area (Å²) < 4.78 is 16.7. The topological polar surface area (TPSA) is 52.3 Å². The Hall–Kier alpha value is -0.870. The highest BCUT2D eigenvalue weighted by Gasteiger charge is 2.02. The van der Waals surface area contributed by atoms with Gasteiger partial charge in [-0.25, -0.2) is 0 Å². The van der Waals surface area contributed by atoms with Crippen molar-refractivity contribution in [3.8, 4) is 5.75 Å². The van der Waals surface area contributed by atoms with Gasteiger partial charge < -0.3 is 10.5 Å². The van der Waals surface area contributed by atoms with Crippen molar-refractivity contribution in [2.75, 3.05) is 19.4 Å². The number of nitrogens with two attached hydrogens (primary N) is 1. The Morgan fingerprint density at radius 2 is 2.27 bits per heavy atom. The molecular weight excluding hydrogens is 210 g/mol. The molecule has 1 atom stereocenters. The molecule has 0 heterocycles.